The number of hydrogen-bond donors (Lipinski definition) is 1. The van der Waals surface area contributed by atoms with Gasteiger partial charge in [-0.3, -0.25) is 14.5 Å². The van der Waals surface area contributed by atoms with Crippen LogP contribution in [0.1, 0.15) is 61.0 Å². The molecular formula is C29H31N3O2S. The van der Waals surface area contributed by atoms with Crippen molar-refractivity contribution >= 4 is 38.5 Å². The summed E-state index contributed by atoms with van der Waals surface area (Å²) >= 11 is 1.54. The molecule has 0 radical (unpaired) electrons. The number of carbonyl (C=O) groups excluding carboxylic acids is 2. The van der Waals surface area contributed by atoms with Gasteiger partial charge in [0.05, 0.1) is 22.7 Å². The van der Waals surface area contributed by atoms with Crippen LogP contribution >= 0.6 is 11.3 Å². The van der Waals surface area contributed by atoms with E-state index in [4.69, 9.17) is 4.98 Å². The Kier molecular flexibility index (Phi) is 8.63. The number of rotatable bonds is 11. The van der Waals surface area contributed by atoms with Gasteiger partial charge in [0.2, 0.25) is 5.91 Å². The van der Waals surface area contributed by atoms with Gasteiger partial charge in [-0.25, -0.2) is 4.98 Å². The minimum Gasteiger partial charge on any atom is -0.345 e. The van der Waals surface area contributed by atoms with Gasteiger partial charge in [-0.05, 0) is 36.2 Å². The Morgan fingerprint density at radius 1 is 0.886 bits per heavy atom. The number of thiazole rings is 1. The van der Waals surface area contributed by atoms with Crippen LogP contribution in [-0.4, -0.2) is 23.3 Å². The van der Waals surface area contributed by atoms with Gasteiger partial charge in [0.1, 0.15) is 0 Å². The summed E-state index contributed by atoms with van der Waals surface area (Å²) in [6.07, 6.45) is 4.42. The maximum Gasteiger partial charge on any atom is 0.251 e. The highest BCUT2D eigenvalue weighted by Gasteiger charge is 2.25. The molecule has 0 spiro atoms. The lowest BCUT2D eigenvalue weighted by Crippen LogP contribution is -2.37. The Morgan fingerprint density at radius 2 is 1.57 bits per heavy atom. The van der Waals surface area contributed by atoms with Crippen molar-refractivity contribution in [2.75, 3.05) is 11.4 Å². The van der Waals surface area contributed by atoms with Crippen molar-refractivity contribution in [1.82, 2.24) is 10.3 Å². The Hall–Kier alpha value is -3.51. The summed E-state index contributed by atoms with van der Waals surface area (Å²) in [5, 5.41) is 3.80. The van der Waals surface area contributed by atoms with Gasteiger partial charge in [0, 0.05) is 12.1 Å². The van der Waals surface area contributed by atoms with E-state index in [0.717, 1.165) is 41.5 Å². The predicted molar refractivity (Wildman–Crippen MR) is 144 cm³/mol. The van der Waals surface area contributed by atoms with E-state index in [-0.39, 0.29) is 18.2 Å². The highest BCUT2D eigenvalue weighted by atomic mass is 32.1. The summed E-state index contributed by atoms with van der Waals surface area (Å²) in [5.74, 6) is -0.232. The summed E-state index contributed by atoms with van der Waals surface area (Å²) < 4.78 is 1.06. The minimum atomic E-state index is -0.441. The number of nitrogens with one attached hydrogen (secondary N) is 1. The van der Waals surface area contributed by atoms with Crippen molar-refractivity contribution in [3.05, 3.63) is 96.1 Å². The van der Waals surface area contributed by atoms with E-state index in [1.54, 1.807) is 12.1 Å². The van der Waals surface area contributed by atoms with Crippen molar-refractivity contribution in [2.45, 2.75) is 45.1 Å². The zero-order chi connectivity index (χ0) is 24.5. The van der Waals surface area contributed by atoms with Crippen LogP contribution in [-0.2, 0) is 4.79 Å². The Balaban J connectivity index is 1.58. The number of unbranched alkanes of at least 4 members (excludes halogenated alkanes) is 3. The number of nitrogens with zero attached hydrogens (tertiary/aromatic N) is 2. The zero-order valence-corrected chi connectivity index (χ0v) is 20.8. The number of para-hydroxylation sites is 1. The van der Waals surface area contributed by atoms with Crippen LogP contribution in [0, 0.1) is 0 Å². The second-order valence-corrected chi connectivity index (χ2v) is 9.59. The molecule has 0 aliphatic carbocycles. The Bertz CT molecular complexity index is 1210. The van der Waals surface area contributed by atoms with Crippen molar-refractivity contribution in [3.63, 3.8) is 0 Å². The van der Waals surface area contributed by atoms with E-state index in [1.165, 1.54) is 11.3 Å². The normalized spacial score (nSPS) is 11.8. The summed E-state index contributed by atoms with van der Waals surface area (Å²) in [6, 6.07) is 26.3. The molecule has 0 fully saturated rings. The first-order chi connectivity index (χ1) is 17.2. The van der Waals surface area contributed by atoms with Crippen LogP contribution in [0.3, 0.4) is 0 Å². The maximum atomic E-state index is 13.7. The topological polar surface area (TPSA) is 62.3 Å². The largest absolute Gasteiger partial charge is 0.345 e. The summed E-state index contributed by atoms with van der Waals surface area (Å²) in [5.41, 5.74) is 2.37. The molecule has 5 nitrogen and oxygen atoms in total. The number of benzene rings is 3. The second kappa shape index (κ2) is 12.3. The molecule has 180 valence electrons. The molecule has 0 aliphatic heterocycles. The monoisotopic (exact) mass is 485 g/mol. The number of hydrogen-bond acceptors (Lipinski definition) is 4. The average molecular weight is 486 g/mol. The van der Waals surface area contributed by atoms with Gasteiger partial charge in [-0.15, -0.1) is 0 Å². The van der Waals surface area contributed by atoms with E-state index in [1.807, 2.05) is 77.7 Å². The van der Waals surface area contributed by atoms with Crippen LogP contribution in [0.4, 0.5) is 5.13 Å². The number of carbonyl (C=O) groups is 2. The molecule has 6 heteroatoms. The lowest BCUT2D eigenvalue weighted by molar-refractivity contribution is -0.119. The lowest BCUT2D eigenvalue weighted by atomic mass is 10.0. The predicted octanol–water partition coefficient (Wildman–Crippen LogP) is 6.77. The third-order valence-electron chi connectivity index (χ3n) is 5.97. The van der Waals surface area contributed by atoms with Crippen molar-refractivity contribution in [1.29, 1.82) is 0 Å². The number of amides is 2. The quantitative estimate of drug-likeness (QED) is 0.238. The van der Waals surface area contributed by atoms with Crippen molar-refractivity contribution in [3.8, 4) is 0 Å². The molecule has 3 aromatic carbocycles. The van der Waals surface area contributed by atoms with E-state index in [2.05, 4.69) is 12.2 Å². The van der Waals surface area contributed by atoms with Gasteiger partial charge in [-0.2, -0.15) is 0 Å². The molecule has 0 saturated heterocycles. The fraction of sp³-hybridized carbons (Fsp3) is 0.276. The Morgan fingerprint density at radius 3 is 2.29 bits per heavy atom. The van der Waals surface area contributed by atoms with Crippen molar-refractivity contribution in [2.24, 2.45) is 0 Å². The summed E-state index contributed by atoms with van der Waals surface area (Å²) in [6.45, 7) is 2.79. The maximum absolute atomic E-state index is 13.7. The SMILES string of the molecule is CCCCCCN(C(=O)C[C@H](NC(=O)c1ccccc1)c1ccccc1)c1nc2ccccc2s1. The van der Waals surface area contributed by atoms with Crippen LogP contribution in [0.25, 0.3) is 10.2 Å². The first kappa shape index (κ1) is 24.6. The third kappa shape index (κ3) is 6.55. The molecule has 1 heterocycles. The molecule has 35 heavy (non-hydrogen) atoms. The highest BCUT2D eigenvalue weighted by molar-refractivity contribution is 7.22. The van der Waals surface area contributed by atoms with E-state index < -0.39 is 6.04 Å². The fourth-order valence-corrected chi connectivity index (χ4v) is 5.06. The van der Waals surface area contributed by atoms with Crippen LogP contribution < -0.4 is 10.2 Å². The molecule has 4 aromatic rings. The molecular weight excluding hydrogens is 454 g/mol. The first-order valence-corrected chi connectivity index (χ1v) is 13.0. The third-order valence-corrected chi connectivity index (χ3v) is 7.03. The molecule has 0 bridgehead atoms. The standard InChI is InChI=1S/C29H31N3O2S/c1-2-3-4-13-20-32(29-31-24-18-11-12-19-26(24)35-29)27(33)21-25(22-14-7-5-8-15-22)30-28(34)23-16-9-6-10-17-23/h5-12,14-19,25H,2-4,13,20-21H2,1H3,(H,30,34)/t25-/m0/s1. The summed E-state index contributed by atoms with van der Waals surface area (Å²) in [7, 11) is 0. The fourth-order valence-electron chi connectivity index (χ4n) is 4.05. The molecule has 0 unspecified atom stereocenters. The number of fused-ring (bicyclic) bond motifs is 1. The minimum absolute atomic E-state index is 0.0391. The number of anilines is 1. The van der Waals surface area contributed by atoms with Gasteiger partial charge in [0.25, 0.3) is 5.91 Å². The van der Waals surface area contributed by atoms with Gasteiger partial charge < -0.3 is 5.32 Å². The second-order valence-electron chi connectivity index (χ2n) is 8.58. The number of aromatic nitrogens is 1. The van der Waals surface area contributed by atoms with Crippen LogP contribution in [0.2, 0.25) is 0 Å². The molecule has 0 saturated carbocycles. The molecule has 4 rings (SSSR count). The van der Waals surface area contributed by atoms with Gasteiger partial charge in [-0.1, -0.05) is 98.2 Å². The van der Waals surface area contributed by atoms with Crippen LogP contribution in [0.5, 0.6) is 0 Å². The van der Waals surface area contributed by atoms with E-state index >= 15 is 0 Å². The molecule has 1 aromatic heterocycles. The molecule has 1 atom stereocenters. The molecule has 1 N–H and O–H groups in total. The van der Waals surface area contributed by atoms with Crippen molar-refractivity contribution < 1.29 is 9.59 Å². The van der Waals surface area contributed by atoms with E-state index in [0.29, 0.717) is 17.2 Å². The molecule has 2 amide bonds. The average Bonchev–Trinajstić information content (AvgIpc) is 3.33. The lowest BCUT2D eigenvalue weighted by Gasteiger charge is -2.24. The summed E-state index contributed by atoms with van der Waals surface area (Å²) in [4.78, 5) is 33.3. The van der Waals surface area contributed by atoms with Crippen LogP contribution in [0.15, 0.2) is 84.9 Å². The van der Waals surface area contributed by atoms with Gasteiger partial charge in [0.15, 0.2) is 5.13 Å². The van der Waals surface area contributed by atoms with E-state index in [9.17, 15) is 9.59 Å². The molecule has 0 aliphatic rings. The zero-order valence-electron chi connectivity index (χ0n) is 20.0. The first-order valence-electron chi connectivity index (χ1n) is 12.2. The smallest absolute Gasteiger partial charge is 0.251 e. The van der Waals surface area contributed by atoms with Gasteiger partial charge >= 0.3 is 0 Å². The Labute approximate surface area is 210 Å². The highest BCUT2D eigenvalue weighted by Crippen LogP contribution is 2.30.